The number of carbonyl (C=O) groups excluding carboxylic acids is 1. The van der Waals surface area contributed by atoms with Crippen LogP contribution in [0.2, 0.25) is 0 Å². The molecule has 1 fully saturated rings. The summed E-state index contributed by atoms with van der Waals surface area (Å²) < 4.78 is 7.86. The van der Waals surface area contributed by atoms with Gasteiger partial charge in [0.15, 0.2) is 5.78 Å². The Morgan fingerprint density at radius 2 is 1.37 bits per heavy atom. The molecule has 1 heterocycles. The molecule has 6 heteroatoms. The van der Waals surface area contributed by atoms with E-state index in [4.69, 9.17) is 14.9 Å². The van der Waals surface area contributed by atoms with Crippen molar-refractivity contribution in [2.24, 2.45) is 0 Å². The lowest BCUT2D eigenvalue weighted by Crippen LogP contribution is -2.25. The fraction of sp³-hybridized carbons (Fsp3) is 0.271. The fourth-order valence-corrected chi connectivity index (χ4v) is 7.22. The zero-order valence-corrected chi connectivity index (χ0v) is 30.9. The molecule has 278 valence electrons. The normalized spacial score (nSPS) is 15.0. The zero-order chi connectivity index (χ0) is 37.2. The number of aryl methyl sites for hydroxylation is 2. The first-order chi connectivity index (χ1) is 25.8. The summed E-state index contributed by atoms with van der Waals surface area (Å²) in [6, 6.07) is 45.2. The number of Topliss-reactive ketones (excluding diaryl/α,β-unsaturated/α-hetero) is 1. The molecule has 1 saturated carbocycles. The number of benzene rings is 5. The molecule has 2 unspecified atom stereocenters. The third kappa shape index (κ3) is 9.88. The van der Waals surface area contributed by atoms with E-state index >= 15 is 0 Å². The van der Waals surface area contributed by atoms with Crippen molar-refractivity contribution >= 4 is 11.8 Å². The van der Waals surface area contributed by atoms with Crippen molar-refractivity contribution in [2.45, 2.75) is 78.7 Å². The van der Waals surface area contributed by atoms with E-state index in [-0.39, 0.29) is 25.9 Å². The SMILES string of the molecule is C.CCc1c(-c2ccccc2)c(-c2ccc(C)cc2)nn1-c1ccccc1C1CCCC(OCC(=O)O)C1.Cc1ccc(C(=O)Cc2ccccc2)cc1. The summed E-state index contributed by atoms with van der Waals surface area (Å²) in [6.45, 7) is 6.08. The van der Waals surface area contributed by atoms with Gasteiger partial charge in [-0.3, -0.25) is 4.79 Å². The molecule has 0 spiro atoms. The summed E-state index contributed by atoms with van der Waals surface area (Å²) in [6.07, 6.45) is 5.09. The van der Waals surface area contributed by atoms with Gasteiger partial charge in [-0.05, 0) is 68.2 Å². The maximum absolute atomic E-state index is 11.9. The van der Waals surface area contributed by atoms with Crippen LogP contribution in [-0.2, 0) is 22.4 Å². The Morgan fingerprint density at radius 3 is 2.02 bits per heavy atom. The molecule has 1 aromatic heterocycles. The second-order valence-corrected chi connectivity index (χ2v) is 13.9. The second-order valence-electron chi connectivity index (χ2n) is 13.9. The van der Waals surface area contributed by atoms with E-state index in [1.807, 2.05) is 67.6 Å². The molecule has 0 aliphatic heterocycles. The molecule has 6 nitrogen and oxygen atoms in total. The van der Waals surface area contributed by atoms with E-state index in [1.54, 1.807) is 0 Å². The number of rotatable bonds is 11. The van der Waals surface area contributed by atoms with E-state index in [0.717, 1.165) is 60.2 Å². The summed E-state index contributed by atoms with van der Waals surface area (Å²) >= 11 is 0. The van der Waals surface area contributed by atoms with Gasteiger partial charge in [0.25, 0.3) is 0 Å². The van der Waals surface area contributed by atoms with Crippen molar-refractivity contribution in [3.8, 4) is 28.1 Å². The van der Waals surface area contributed by atoms with Gasteiger partial charge < -0.3 is 9.84 Å². The number of carbonyl (C=O) groups is 2. The van der Waals surface area contributed by atoms with Gasteiger partial charge in [0.05, 0.1) is 17.5 Å². The number of para-hydroxylation sites is 1. The van der Waals surface area contributed by atoms with E-state index in [9.17, 15) is 9.59 Å². The number of nitrogens with zero attached hydrogens (tertiary/aromatic N) is 2. The number of ketones is 1. The van der Waals surface area contributed by atoms with Crippen molar-refractivity contribution in [3.05, 3.63) is 167 Å². The van der Waals surface area contributed by atoms with E-state index in [0.29, 0.717) is 12.3 Å². The molecule has 1 aliphatic rings. The fourth-order valence-electron chi connectivity index (χ4n) is 7.22. The van der Waals surface area contributed by atoms with Crippen molar-refractivity contribution < 1.29 is 19.4 Å². The van der Waals surface area contributed by atoms with Crippen LogP contribution in [0.5, 0.6) is 0 Å². The molecular formula is C48H52N2O4. The highest BCUT2D eigenvalue weighted by Gasteiger charge is 2.28. The largest absolute Gasteiger partial charge is 0.480 e. The van der Waals surface area contributed by atoms with Crippen molar-refractivity contribution in [1.82, 2.24) is 9.78 Å². The summed E-state index contributed by atoms with van der Waals surface area (Å²) in [5, 5.41) is 14.3. The van der Waals surface area contributed by atoms with E-state index in [1.165, 1.54) is 33.5 Å². The van der Waals surface area contributed by atoms with Crippen LogP contribution in [0, 0.1) is 13.8 Å². The molecule has 54 heavy (non-hydrogen) atoms. The van der Waals surface area contributed by atoms with Gasteiger partial charge in [-0.15, -0.1) is 0 Å². The van der Waals surface area contributed by atoms with Gasteiger partial charge in [0, 0.05) is 23.1 Å². The average molecular weight is 721 g/mol. The Balaban J connectivity index is 0.000000276. The van der Waals surface area contributed by atoms with Gasteiger partial charge in [0.1, 0.15) is 12.3 Å². The minimum Gasteiger partial charge on any atom is -0.480 e. The van der Waals surface area contributed by atoms with Crippen LogP contribution in [0.3, 0.4) is 0 Å². The van der Waals surface area contributed by atoms with Crippen LogP contribution in [0.25, 0.3) is 28.1 Å². The predicted molar refractivity (Wildman–Crippen MR) is 220 cm³/mol. The van der Waals surface area contributed by atoms with Crippen molar-refractivity contribution in [3.63, 3.8) is 0 Å². The summed E-state index contributed by atoms with van der Waals surface area (Å²) in [5.41, 5.74) is 12.2. The minimum absolute atomic E-state index is 0. The van der Waals surface area contributed by atoms with Crippen LogP contribution < -0.4 is 0 Å². The third-order valence-corrected chi connectivity index (χ3v) is 9.96. The smallest absolute Gasteiger partial charge is 0.329 e. The molecule has 0 saturated heterocycles. The summed E-state index contributed by atoms with van der Waals surface area (Å²) in [7, 11) is 0. The lowest BCUT2D eigenvalue weighted by molar-refractivity contribution is -0.145. The van der Waals surface area contributed by atoms with Crippen LogP contribution in [0.4, 0.5) is 0 Å². The van der Waals surface area contributed by atoms with Gasteiger partial charge in [0.2, 0.25) is 0 Å². The minimum atomic E-state index is -0.913. The summed E-state index contributed by atoms with van der Waals surface area (Å²) in [5.74, 6) is -0.449. The zero-order valence-electron chi connectivity index (χ0n) is 30.9. The van der Waals surface area contributed by atoms with Crippen LogP contribution >= 0.6 is 0 Å². The quantitative estimate of drug-likeness (QED) is 0.135. The molecule has 1 N–H and O–H groups in total. The Labute approximate surface area is 320 Å². The van der Waals surface area contributed by atoms with Gasteiger partial charge in [-0.1, -0.05) is 159 Å². The third-order valence-electron chi connectivity index (χ3n) is 9.96. The molecule has 0 amide bonds. The first-order valence-corrected chi connectivity index (χ1v) is 18.6. The number of carboxylic acid groups (broad SMARTS) is 1. The number of carboxylic acids is 1. The first kappa shape index (κ1) is 39.6. The highest BCUT2D eigenvalue weighted by molar-refractivity contribution is 5.97. The Morgan fingerprint density at radius 1 is 0.759 bits per heavy atom. The summed E-state index contributed by atoms with van der Waals surface area (Å²) in [4.78, 5) is 23.0. The van der Waals surface area contributed by atoms with Crippen molar-refractivity contribution in [1.29, 1.82) is 0 Å². The first-order valence-electron chi connectivity index (χ1n) is 18.6. The van der Waals surface area contributed by atoms with Crippen molar-refractivity contribution in [2.75, 3.05) is 6.61 Å². The maximum Gasteiger partial charge on any atom is 0.329 e. The van der Waals surface area contributed by atoms with E-state index in [2.05, 4.69) is 91.3 Å². The lowest BCUT2D eigenvalue weighted by atomic mass is 9.81. The maximum atomic E-state index is 11.9. The van der Waals surface area contributed by atoms with Gasteiger partial charge in [-0.2, -0.15) is 5.10 Å². The topological polar surface area (TPSA) is 81.4 Å². The number of hydrogen-bond donors (Lipinski definition) is 1. The highest BCUT2D eigenvalue weighted by Crippen LogP contribution is 2.40. The number of hydrogen-bond acceptors (Lipinski definition) is 4. The Kier molecular flexibility index (Phi) is 13.9. The van der Waals surface area contributed by atoms with Gasteiger partial charge >= 0.3 is 5.97 Å². The molecule has 5 aromatic carbocycles. The number of ether oxygens (including phenoxy) is 1. The van der Waals surface area contributed by atoms with Crippen LogP contribution in [-0.4, -0.2) is 39.4 Å². The Hall–Kier alpha value is -5.59. The molecule has 1 aliphatic carbocycles. The number of aromatic nitrogens is 2. The van der Waals surface area contributed by atoms with Gasteiger partial charge in [-0.25, -0.2) is 9.48 Å². The molecular weight excluding hydrogens is 669 g/mol. The predicted octanol–water partition coefficient (Wildman–Crippen LogP) is 11.3. The lowest BCUT2D eigenvalue weighted by Gasteiger charge is -2.30. The molecule has 7 rings (SSSR count). The van der Waals surface area contributed by atoms with Crippen LogP contribution in [0.1, 0.15) is 84.3 Å². The monoisotopic (exact) mass is 720 g/mol. The average Bonchev–Trinajstić information content (AvgIpc) is 3.58. The van der Waals surface area contributed by atoms with Crippen LogP contribution in [0.15, 0.2) is 133 Å². The molecule has 6 aromatic rings. The molecule has 2 atom stereocenters. The molecule has 0 radical (unpaired) electrons. The Bertz CT molecular complexity index is 2100. The number of aliphatic carboxylic acids is 1. The standard InChI is InChI=1S/C32H34N2O3.C15H14O.CH4/c1-3-28-31(23-10-5-4-6-11-23)32(24-18-16-22(2)17-19-24)33-34(28)29-15-8-7-14-27(29)25-12-9-13-26(20-25)37-21-30(35)36;1-12-7-9-14(10-8-12)15(16)11-13-5-3-2-4-6-13;/h4-8,10-11,14-19,25-26H,3,9,12-13,20-21H2,1-2H3,(H,35,36);2-10H,11H2,1H3;1H4. The second kappa shape index (κ2) is 18.9. The van der Waals surface area contributed by atoms with E-state index < -0.39 is 5.97 Å². The highest BCUT2D eigenvalue weighted by atomic mass is 16.5. The molecule has 0 bridgehead atoms.